The van der Waals surface area contributed by atoms with Gasteiger partial charge in [-0.25, -0.2) is 13.2 Å². The van der Waals surface area contributed by atoms with E-state index in [1.807, 2.05) is 25.1 Å². The van der Waals surface area contributed by atoms with E-state index in [1.54, 1.807) is 29.2 Å². The monoisotopic (exact) mass is 464 g/mol. The van der Waals surface area contributed by atoms with Crippen molar-refractivity contribution in [2.45, 2.75) is 24.8 Å². The summed E-state index contributed by atoms with van der Waals surface area (Å²) in [5, 5.41) is 0. The summed E-state index contributed by atoms with van der Waals surface area (Å²) in [5.74, 6) is -0.949. The zero-order chi connectivity index (χ0) is 23.4. The topological polar surface area (TPSA) is 92.8 Å². The van der Waals surface area contributed by atoms with Crippen LogP contribution in [0.25, 0.3) is 0 Å². The molecule has 0 bridgehead atoms. The van der Waals surface area contributed by atoms with Crippen LogP contribution in [-0.2, 0) is 32.5 Å². The fourth-order valence-electron chi connectivity index (χ4n) is 3.62. The molecule has 170 valence electrons. The van der Waals surface area contributed by atoms with Gasteiger partial charge in [-0.1, -0.05) is 42.0 Å². The van der Waals surface area contributed by atoms with E-state index < -0.39 is 16.0 Å². The number of rotatable bonds is 6. The van der Waals surface area contributed by atoms with Crippen LogP contribution in [0.5, 0.6) is 0 Å². The van der Waals surface area contributed by atoms with E-state index in [0.29, 0.717) is 18.8 Å². The van der Waals surface area contributed by atoms with E-state index in [2.05, 4.69) is 10.8 Å². The summed E-state index contributed by atoms with van der Waals surface area (Å²) in [5.41, 5.74) is 3.96. The predicted octanol–water partition coefficient (Wildman–Crippen LogP) is 3.54. The van der Waals surface area contributed by atoms with Gasteiger partial charge in [0.15, 0.2) is 6.61 Å². The van der Waals surface area contributed by atoms with E-state index in [9.17, 15) is 18.0 Å². The lowest BCUT2D eigenvalue weighted by Gasteiger charge is -2.28. The quantitative estimate of drug-likeness (QED) is 0.564. The summed E-state index contributed by atoms with van der Waals surface area (Å²) in [7, 11) is -3.80. The Morgan fingerprint density at radius 3 is 2.30 bits per heavy atom. The van der Waals surface area contributed by atoms with Crippen molar-refractivity contribution < 1.29 is 22.7 Å². The summed E-state index contributed by atoms with van der Waals surface area (Å²) >= 11 is 0. The first-order chi connectivity index (χ1) is 15.8. The van der Waals surface area contributed by atoms with Gasteiger partial charge in [0, 0.05) is 18.8 Å². The average molecular weight is 465 g/mol. The van der Waals surface area contributed by atoms with Gasteiger partial charge in [0.25, 0.3) is 15.9 Å². The minimum absolute atomic E-state index is 0.0164. The van der Waals surface area contributed by atoms with Gasteiger partial charge in [-0.3, -0.25) is 9.52 Å². The molecule has 0 saturated heterocycles. The number of benzene rings is 3. The van der Waals surface area contributed by atoms with Crippen LogP contribution in [0.4, 0.5) is 5.69 Å². The average Bonchev–Trinajstić information content (AvgIpc) is 2.83. The zero-order valence-corrected chi connectivity index (χ0v) is 19.0. The van der Waals surface area contributed by atoms with Gasteiger partial charge < -0.3 is 9.64 Å². The first-order valence-corrected chi connectivity index (χ1v) is 12.0. The maximum atomic E-state index is 12.6. The molecule has 1 aliphatic rings. The number of hydrogen-bond acceptors (Lipinski definition) is 5. The van der Waals surface area contributed by atoms with E-state index in [1.165, 1.54) is 29.8 Å². The molecular weight excluding hydrogens is 440 g/mol. The number of nitrogens with zero attached hydrogens (tertiary/aromatic N) is 1. The van der Waals surface area contributed by atoms with Crippen molar-refractivity contribution in [1.29, 1.82) is 0 Å². The Labute approximate surface area is 193 Å². The molecule has 0 spiro atoms. The van der Waals surface area contributed by atoms with E-state index in [0.717, 1.165) is 17.5 Å². The van der Waals surface area contributed by atoms with Crippen LogP contribution in [0.1, 0.15) is 27.0 Å². The largest absolute Gasteiger partial charge is 0.452 e. The molecule has 0 aliphatic carbocycles. The van der Waals surface area contributed by atoms with Gasteiger partial charge in [0.1, 0.15) is 0 Å². The van der Waals surface area contributed by atoms with Crippen molar-refractivity contribution in [2.75, 3.05) is 17.9 Å². The third-order valence-corrected chi connectivity index (χ3v) is 6.91. The predicted molar refractivity (Wildman–Crippen MR) is 124 cm³/mol. The van der Waals surface area contributed by atoms with Crippen molar-refractivity contribution in [1.82, 2.24) is 4.90 Å². The van der Waals surface area contributed by atoms with Gasteiger partial charge in [0.05, 0.1) is 10.5 Å². The first-order valence-electron chi connectivity index (χ1n) is 10.5. The minimum Gasteiger partial charge on any atom is -0.452 e. The molecule has 1 amide bonds. The van der Waals surface area contributed by atoms with Crippen LogP contribution in [0.3, 0.4) is 0 Å². The maximum absolute atomic E-state index is 12.6. The highest BCUT2D eigenvalue weighted by molar-refractivity contribution is 7.92. The fraction of sp³-hybridized carbons (Fsp3) is 0.200. The normalized spacial score (nSPS) is 13.2. The molecule has 1 N–H and O–H groups in total. The second-order valence-electron chi connectivity index (χ2n) is 7.91. The summed E-state index contributed by atoms with van der Waals surface area (Å²) < 4.78 is 32.8. The Hall–Kier alpha value is -3.65. The standard InChI is InChI=1S/C25H24N2O5S/c1-18-6-10-22(11-7-18)26-33(30,31)23-12-8-20(9-13-23)25(29)32-17-24(28)27-15-14-19-4-2-3-5-21(19)16-27/h2-13,26H,14-17H2,1H3. The number of ether oxygens (including phenoxy) is 1. The number of hydrogen-bond donors (Lipinski definition) is 1. The van der Waals surface area contributed by atoms with Crippen molar-refractivity contribution in [3.05, 3.63) is 95.1 Å². The third kappa shape index (κ3) is 5.40. The summed E-state index contributed by atoms with van der Waals surface area (Å²) in [6.45, 7) is 2.62. The second kappa shape index (κ2) is 9.46. The molecular formula is C25H24N2O5S. The molecule has 0 saturated carbocycles. The van der Waals surface area contributed by atoms with Crippen molar-refractivity contribution in [2.24, 2.45) is 0 Å². The molecule has 3 aromatic carbocycles. The molecule has 7 nitrogen and oxygen atoms in total. The van der Waals surface area contributed by atoms with E-state index >= 15 is 0 Å². The van der Waals surface area contributed by atoms with E-state index in [-0.39, 0.29) is 23.0 Å². The molecule has 0 unspecified atom stereocenters. The molecule has 33 heavy (non-hydrogen) atoms. The maximum Gasteiger partial charge on any atom is 0.338 e. The van der Waals surface area contributed by atoms with Crippen LogP contribution < -0.4 is 4.72 Å². The number of fused-ring (bicyclic) bond motifs is 1. The van der Waals surface area contributed by atoms with Gasteiger partial charge in [-0.15, -0.1) is 0 Å². The Morgan fingerprint density at radius 1 is 0.939 bits per heavy atom. The zero-order valence-electron chi connectivity index (χ0n) is 18.2. The molecule has 3 aromatic rings. The SMILES string of the molecule is Cc1ccc(NS(=O)(=O)c2ccc(C(=O)OCC(=O)N3CCc4ccccc4C3)cc2)cc1. The van der Waals surface area contributed by atoms with Crippen molar-refractivity contribution in [3.63, 3.8) is 0 Å². The summed E-state index contributed by atoms with van der Waals surface area (Å²) in [4.78, 5) is 26.5. The number of nitrogens with one attached hydrogen (secondary N) is 1. The molecule has 0 radical (unpaired) electrons. The number of carbonyl (C=O) groups is 2. The fourth-order valence-corrected chi connectivity index (χ4v) is 4.67. The number of carbonyl (C=O) groups excluding carboxylic acids is 2. The number of sulfonamides is 1. The highest BCUT2D eigenvalue weighted by atomic mass is 32.2. The summed E-state index contributed by atoms with van der Waals surface area (Å²) in [6.07, 6.45) is 0.766. The summed E-state index contributed by atoms with van der Waals surface area (Å²) in [6, 6.07) is 20.3. The Morgan fingerprint density at radius 2 is 1.61 bits per heavy atom. The number of amides is 1. The van der Waals surface area contributed by atoms with Gasteiger partial charge in [-0.05, 0) is 60.9 Å². The highest BCUT2D eigenvalue weighted by Crippen LogP contribution is 2.19. The van der Waals surface area contributed by atoms with Gasteiger partial charge in [0.2, 0.25) is 0 Å². The molecule has 4 rings (SSSR count). The molecule has 1 aliphatic heterocycles. The molecule has 8 heteroatoms. The Balaban J connectivity index is 1.33. The lowest BCUT2D eigenvalue weighted by molar-refractivity contribution is -0.135. The van der Waals surface area contributed by atoms with Crippen LogP contribution in [-0.4, -0.2) is 38.3 Å². The smallest absolute Gasteiger partial charge is 0.338 e. The van der Waals surface area contributed by atoms with Gasteiger partial charge >= 0.3 is 5.97 Å². The van der Waals surface area contributed by atoms with E-state index in [4.69, 9.17) is 4.74 Å². The van der Waals surface area contributed by atoms with Gasteiger partial charge in [-0.2, -0.15) is 0 Å². The lowest BCUT2D eigenvalue weighted by Crippen LogP contribution is -2.38. The van der Waals surface area contributed by atoms with Crippen LogP contribution in [0, 0.1) is 6.92 Å². The molecule has 0 fully saturated rings. The van der Waals surface area contributed by atoms with Crippen molar-refractivity contribution in [3.8, 4) is 0 Å². The molecule has 0 aromatic heterocycles. The van der Waals surface area contributed by atoms with Crippen LogP contribution in [0.15, 0.2) is 77.7 Å². The number of esters is 1. The molecule has 1 heterocycles. The Bertz CT molecular complexity index is 1270. The highest BCUT2D eigenvalue weighted by Gasteiger charge is 2.22. The molecule has 0 atom stereocenters. The van der Waals surface area contributed by atoms with Crippen molar-refractivity contribution >= 4 is 27.6 Å². The number of anilines is 1. The minimum atomic E-state index is -3.80. The van der Waals surface area contributed by atoms with Crippen LogP contribution in [0.2, 0.25) is 0 Å². The second-order valence-corrected chi connectivity index (χ2v) is 9.59. The van der Waals surface area contributed by atoms with Crippen LogP contribution >= 0.6 is 0 Å². The third-order valence-electron chi connectivity index (χ3n) is 5.51. The number of aryl methyl sites for hydroxylation is 1. The first kappa shape index (κ1) is 22.5. The Kier molecular flexibility index (Phi) is 6.46. The lowest BCUT2D eigenvalue weighted by atomic mass is 10.00.